The number of nitrogens with one attached hydrogen (secondary N) is 1. The summed E-state index contributed by atoms with van der Waals surface area (Å²) < 4.78 is 63.6. The van der Waals surface area contributed by atoms with Crippen LogP contribution in [0.25, 0.3) is 0 Å². The fourth-order valence-corrected chi connectivity index (χ4v) is 3.80. The van der Waals surface area contributed by atoms with E-state index in [1.54, 1.807) is 0 Å². The first-order chi connectivity index (χ1) is 10.1. The monoisotopic (exact) mass is 352 g/mol. The lowest BCUT2D eigenvalue weighted by Gasteiger charge is -2.09. The third-order valence-electron chi connectivity index (χ3n) is 2.66. The maximum absolute atomic E-state index is 12.4. The van der Waals surface area contributed by atoms with Crippen LogP contribution in [0.4, 0.5) is 24.5 Å². The van der Waals surface area contributed by atoms with Gasteiger partial charge < -0.3 is 0 Å². The molecule has 0 bridgehead atoms. The van der Waals surface area contributed by atoms with Crippen LogP contribution in [-0.4, -0.2) is 20.7 Å². The summed E-state index contributed by atoms with van der Waals surface area (Å²) in [7, 11) is -2.59. The maximum Gasteiger partial charge on any atom is 0.416 e. The summed E-state index contributed by atoms with van der Waals surface area (Å²) in [6, 6.07) is 4.90. The van der Waals surface area contributed by atoms with Gasteiger partial charge in [-0.05, 0) is 30.3 Å². The van der Waals surface area contributed by atoms with Gasteiger partial charge in [-0.1, -0.05) is 0 Å². The van der Waals surface area contributed by atoms with Gasteiger partial charge in [0.05, 0.1) is 11.3 Å². The molecular weight excluding hydrogens is 341 g/mol. The van der Waals surface area contributed by atoms with E-state index in [1.807, 2.05) is 0 Å². The third kappa shape index (κ3) is 3.70. The van der Waals surface area contributed by atoms with Crippen molar-refractivity contribution < 1.29 is 26.8 Å². The SMILES string of the molecule is CN(O)c1csc(S(=O)(=O)Nc2ccc(C(F)(F)F)cc2)c1. The van der Waals surface area contributed by atoms with Crippen molar-refractivity contribution in [2.45, 2.75) is 10.4 Å². The Hall–Kier alpha value is -1.78. The second kappa shape index (κ2) is 5.78. The summed E-state index contributed by atoms with van der Waals surface area (Å²) in [5, 5.41) is 11.4. The molecule has 0 atom stereocenters. The fourth-order valence-electron chi connectivity index (χ4n) is 1.55. The lowest BCUT2D eigenvalue weighted by Crippen LogP contribution is -2.12. The van der Waals surface area contributed by atoms with E-state index in [9.17, 15) is 26.8 Å². The molecule has 2 N–H and O–H groups in total. The van der Waals surface area contributed by atoms with Gasteiger partial charge in [-0.25, -0.2) is 8.42 Å². The van der Waals surface area contributed by atoms with Crippen molar-refractivity contribution in [1.29, 1.82) is 0 Å². The molecule has 2 aromatic rings. The van der Waals surface area contributed by atoms with E-state index in [1.165, 1.54) is 18.5 Å². The topological polar surface area (TPSA) is 69.6 Å². The number of nitrogens with zero attached hydrogens (tertiary/aromatic N) is 1. The number of rotatable bonds is 4. The van der Waals surface area contributed by atoms with Crippen molar-refractivity contribution in [1.82, 2.24) is 0 Å². The predicted molar refractivity (Wildman–Crippen MR) is 76.8 cm³/mol. The average Bonchev–Trinajstić information content (AvgIpc) is 2.88. The summed E-state index contributed by atoms with van der Waals surface area (Å²) in [5.74, 6) is 0. The number of hydrogen-bond acceptors (Lipinski definition) is 5. The molecule has 0 saturated carbocycles. The lowest BCUT2D eigenvalue weighted by atomic mass is 10.2. The Labute approximate surface area is 128 Å². The van der Waals surface area contributed by atoms with E-state index in [-0.39, 0.29) is 15.6 Å². The number of thiophene rings is 1. The van der Waals surface area contributed by atoms with Gasteiger partial charge in [0.2, 0.25) is 0 Å². The van der Waals surface area contributed by atoms with Gasteiger partial charge in [-0.15, -0.1) is 11.3 Å². The van der Waals surface area contributed by atoms with Crippen molar-refractivity contribution >= 4 is 32.7 Å². The highest BCUT2D eigenvalue weighted by Crippen LogP contribution is 2.31. The largest absolute Gasteiger partial charge is 0.416 e. The average molecular weight is 352 g/mol. The summed E-state index contributed by atoms with van der Waals surface area (Å²) >= 11 is 0.879. The zero-order valence-electron chi connectivity index (χ0n) is 11.1. The van der Waals surface area contributed by atoms with Crippen LogP contribution < -0.4 is 9.79 Å². The number of anilines is 2. The second-order valence-corrected chi connectivity index (χ2v) is 7.15. The highest BCUT2D eigenvalue weighted by Gasteiger charge is 2.30. The summed E-state index contributed by atoms with van der Waals surface area (Å²) in [6.07, 6.45) is -4.48. The van der Waals surface area contributed by atoms with E-state index in [2.05, 4.69) is 4.72 Å². The molecule has 0 aliphatic carbocycles. The standard InChI is InChI=1S/C12H11F3N2O3S2/c1-17(18)10-6-11(21-7-10)22(19,20)16-9-4-2-8(3-5-9)12(13,14)15/h2-7,16,18H,1H3. The Balaban J connectivity index is 2.21. The Morgan fingerprint density at radius 3 is 2.27 bits per heavy atom. The van der Waals surface area contributed by atoms with Gasteiger partial charge in [-0.2, -0.15) is 13.2 Å². The molecule has 120 valence electrons. The van der Waals surface area contributed by atoms with Gasteiger partial charge in [0.1, 0.15) is 4.21 Å². The number of hydroxylamine groups is 1. The molecule has 1 heterocycles. The van der Waals surface area contributed by atoms with E-state index in [4.69, 9.17) is 0 Å². The van der Waals surface area contributed by atoms with Crippen LogP contribution in [0.15, 0.2) is 39.9 Å². The van der Waals surface area contributed by atoms with E-state index >= 15 is 0 Å². The van der Waals surface area contributed by atoms with Crippen molar-refractivity contribution in [3.8, 4) is 0 Å². The molecule has 1 aromatic heterocycles. The van der Waals surface area contributed by atoms with E-state index < -0.39 is 21.8 Å². The Kier molecular flexibility index (Phi) is 4.36. The Morgan fingerprint density at radius 2 is 1.82 bits per heavy atom. The zero-order chi connectivity index (χ0) is 16.5. The predicted octanol–water partition coefficient (Wildman–Crippen LogP) is 3.39. The van der Waals surface area contributed by atoms with Crippen molar-refractivity contribution in [2.24, 2.45) is 0 Å². The first-order valence-electron chi connectivity index (χ1n) is 5.81. The molecule has 0 unspecified atom stereocenters. The van der Waals surface area contributed by atoms with Crippen LogP contribution in [-0.2, 0) is 16.2 Å². The van der Waals surface area contributed by atoms with Gasteiger partial charge in [-0.3, -0.25) is 15.0 Å². The molecule has 0 aliphatic rings. The van der Waals surface area contributed by atoms with Crippen molar-refractivity contribution in [2.75, 3.05) is 16.8 Å². The maximum atomic E-state index is 12.4. The summed E-state index contributed by atoms with van der Waals surface area (Å²) in [5.41, 5.74) is -0.561. The molecule has 5 nitrogen and oxygen atoms in total. The zero-order valence-corrected chi connectivity index (χ0v) is 12.8. The molecule has 0 saturated heterocycles. The van der Waals surface area contributed by atoms with E-state index in [0.29, 0.717) is 0 Å². The molecule has 0 radical (unpaired) electrons. The van der Waals surface area contributed by atoms with Gasteiger partial charge >= 0.3 is 6.18 Å². The molecule has 0 spiro atoms. The first kappa shape index (κ1) is 16.6. The quantitative estimate of drug-likeness (QED) is 0.828. The highest BCUT2D eigenvalue weighted by atomic mass is 32.2. The van der Waals surface area contributed by atoms with Crippen molar-refractivity contribution in [3.63, 3.8) is 0 Å². The number of halogens is 3. The van der Waals surface area contributed by atoms with E-state index in [0.717, 1.165) is 40.7 Å². The molecule has 2 rings (SSSR count). The first-order valence-corrected chi connectivity index (χ1v) is 8.17. The van der Waals surface area contributed by atoms with Gasteiger partial charge in [0, 0.05) is 18.1 Å². The van der Waals surface area contributed by atoms with Crippen LogP contribution in [0.3, 0.4) is 0 Å². The minimum atomic E-state index is -4.48. The molecule has 0 aliphatic heterocycles. The number of sulfonamides is 1. The van der Waals surface area contributed by atoms with Crippen LogP contribution in [0.2, 0.25) is 0 Å². The minimum absolute atomic E-state index is 0.0142. The van der Waals surface area contributed by atoms with Crippen LogP contribution in [0.1, 0.15) is 5.56 Å². The summed E-state index contributed by atoms with van der Waals surface area (Å²) in [6.45, 7) is 0. The Bertz CT molecular complexity index is 753. The molecule has 10 heteroatoms. The second-order valence-electron chi connectivity index (χ2n) is 4.33. The van der Waals surface area contributed by atoms with Gasteiger partial charge in [0.25, 0.3) is 10.0 Å². The smallest absolute Gasteiger partial charge is 0.289 e. The van der Waals surface area contributed by atoms with Crippen LogP contribution in [0, 0.1) is 0 Å². The minimum Gasteiger partial charge on any atom is -0.289 e. The summed E-state index contributed by atoms with van der Waals surface area (Å²) in [4.78, 5) is 0. The molecule has 0 amide bonds. The Morgan fingerprint density at radius 1 is 1.23 bits per heavy atom. The number of alkyl halides is 3. The van der Waals surface area contributed by atoms with Crippen LogP contribution in [0.5, 0.6) is 0 Å². The molecule has 1 aromatic carbocycles. The normalized spacial score (nSPS) is 12.2. The fraction of sp³-hybridized carbons (Fsp3) is 0.167. The number of benzene rings is 1. The number of hydrogen-bond donors (Lipinski definition) is 2. The molecule has 0 fully saturated rings. The van der Waals surface area contributed by atoms with Gasteiger partial charge in [0.15, 0.2) is 0 Å². The lowest BCUT2D eigenvalue weighted by molar-refractivity contribution is -0.137. The van der Waals surface area contributed by atoms with Crippen molar-refractivity contribution in [3.05, 3.63) is 41.3 Å². The highest BCUT2D eigenvalue weighted by molar-refractivity contribution is 7.94. The molecular formula is C12H11F3N2O3S2. The molecule has 22 heavy (non-hydrogen) atoms. The third-order valence-corrected chi connectivity index (χ3v) is 5.47. The van der Waals surface area contributed by atoms with Crippen LogP contribution >= 0.6 is 11.3 Å².